The average Bonchev–Trinajstić information content (AvgIpc) is 2.85. The number of carbonyl (C=O) groups excluding carboxylic acids is 2. The van der Waals surface area contributed by atoms with Crippen LogP contribution < -0.4 is 15.0 Å². The molecule has 0 aromatic heterocycles. The number of hydrogen-bond donors (Lipinski definition) is 1. The quantitative estimate of drug-likeness (QED) is 0.541. The number of rotatable bonds is 8. The molecule has 8 nitrogen and oxygen atoms in total. The van der Waals surface area contributed by atoms with Gasteiger partial charge in [-0.1, -0.05) is 0 Å². The molecule has 196 valence electrons. The molecule has 3 aliphatic rings. The van der Waals surface area contributed by atoms with Crippen molar-refractivity contribution in [1.29, 1.82) is 0 Å². The van der Waals surface area contributed by atoms with Gasteiger partial charge in [0.05, 0.1) is 18.9 Å². The molecular weight excluding hydrogens is 470 g/mol. The average molecular weight is 510 g/mol. The van der Waals surface area contributed by atoms with Gasteiger partial charge in [-0.05, 0) is 64.3 Å². The lowest BCUT2D eigenvalue weighted by Gasteiger charge is -2.44. The van der Waals surface area contributed by atoms with Gasteiger partial charge in [-0.15, -0.1) is 12.4 Å². The summed E-state index contributed by atoms with van der Waals surface area (Å²) in [5.74, 6) is 0.646. The van der Waals surface area contributed by atoms with Crippen LogP contribution in [0.25, 0.3) is 0 Å². The van der Waals surface area contributed by atoms with E-state index in [2.05, 4.69) is 19.2 Å². The molecule has 1 atom stereocenters. The van der Waals surface area contributed by atoms with E-state index < -0.39 is 5.60 Å². The number of methoxy groups -OCH3 is 1. The van der Waals surface area contributed by atoms with Crippen LogP contribution >= 0.6 is 12.4 Å². The summed E-state index contributed by atoms with van der Waals surface area (Å²) in [5, 5.41) is 3.42. The van der Waals surface area contributed by atoms with Gasteiger partial charge < -0.3 is 29.3 Å². The van der Waals surface area contributed by atoms with Gasteiger partial charge in [0.25, 0.3) is 11.8 Å². The fraction of sp³-hybridized carbons (Fsp3) is 0.692. The number of nitrogens with one attached hydrogen (secondary N) is 1. The summed E-state index contributed by atoms with van der Waals surface area (Å²) < 4.78 is 17.1. The molecule has 0 radical (unpaired) electrons. The Morgan fingerprint density at radius 3 is 2.71 bits per heavy atom. The number of unbranched alkanes of at least 4 members (excludes halogenated alkanes) is 1. The lowest BCUT2D eigenvalue weighted by atomic mass is 9.89. The van der Waals surface area contributed by atoms with Crippen molar-refractivity contribution in [2.45, 2.75) is 70.1 Å². The van der Waals surface area contributed by atoms with Crippen LogP contribution in [0.5, 0.6) is 5.75 Å². The highest BCUT2D eigenvalue weighted by molar-refractivity contribution is 6.05. The SMILES string of the molecule is COCCCCN1C(=O)C2(CCOCC2)Oc2ccc(C(=O)N(C(C)C)[C@@H]3CCCNC3)cc21.Cl. The number of ether oxygens (including phenoxy) is 3. The molecule has 0 aliphatic carbocycles. The highest BCUT2D eigenvalue weighted by Crippen LogP contribution is 2.42. The van der Waals surface area contributed by atoms with Gasteiger partial charge in [0.1, 0.15) is 5.75 Å². The van der Waals surface area contributed by atoms with Crippen LogP contribution in [0.15, 0.2) is 18.2 Å². The highest BCUT2D eigenvalue weighted by atomic mass is 35.5. The van der Waals surface area contributed by atoms with Gasteiger partial charge in [-0.25, -0.2) is 0 Å². The third kappa shape index (κ3) is 5.93. The van der Waals surface area contributed by atoms with Gasteiger partial charge in [-0.3, -0.25) is 9.59 Å². The van der Waals surface area contributed by atoms with E-state index in [0.717, 1.165) is 38.8 Å². The van der Waals surface area contributed by atoms with E-state index in [1.807, 2.05) is 28.0 Å². The molecule has 1 N–H and O–H groups in total. The van der Waals surface area contributed by atoms with E-state index in [9.17, 15) is 9.59 Å². The number of halogens is 1. The number of piperidine rings is 1. The second kappa shape index (κ2) is 12.4. The molecule has 2 fully saturated rings. The van der Waals surface area contributed by atoms with Crippen molar-refractivity contribution in [2.24, 2.45) is 0 Å². The predicted molar refractivity (Wildman–Crippen MR) is 138 cm³/mol. The molecule has 3 aliphatic heterocycles. The Hall–Kier alpha value is -1.87. The molecule has 1 spiro atoms. The maximum absolute atomic E-state index is 13.7. The smallest absolute Gasteiger partial charge is 0.271 e. The van der Waals surface area contributed by atoms with E-state index >= 15 is 0 Å². The Labute approximate surface area is 215 Å². The summed E-state index contributed by atoms with van der Waals surface area (Å²) in [6.45, 7) is 8.18. The summed E-state index contributed by atoms with van der Waals surface area (Å²) in [6, 6.07) is 5.82. The van der Waals surface area contributed by atoms with Crippen molar-refractivity contribution < 1.29 is 23.8 Å². The van der Waals surface area contributed by atoms with Crippen molar-refractivity contribution in [2.75, 3.05) is 51.5 Å². The number of anilines is 1. The summed E-state index contributed by atoms with van der Waals surface area (Å²) in [4.78, 5) is 31.2. The van der Waals surface area contributed by atoms with Crippen molar-refractivity contribution in [3.8, 4) is 5.75 Å². The van der Waals surface area contributed by atoms with Crippen molar-refractivity contribution in [3.05, 3.63) is 23.8 Å². The number of hydrogen-bond acceptors (Lipinski definition) is 6. The summed E-state index contributed by atoms with van der Waals surface area (Å²) in [5.41, 5.74) is 0.408. The number of fused-ring (bicyclic) bond motifs is 1. The first kappa shape index (κ1) is 27.7. The maximum Gasteiger partial charge on any atom is 0.271 e. The van der Waals surface area contributed by atoms with Crippen LogP contribution in [-0.2, 0) is 14.3 Å². The first-order chi connectivity index (χ1) is 16.5. The first-order valence-electron chi connectivity index (χ1n) is 12.7. The minimum Gasteiger partial charge on any atom is -0.475 e. The second-order valence-corrected chi connectivity index (χ2v) is 9.85. The summed E-state index contributed by atoms with van der Waals surface area (Å²) in [7, 11) is 1.69. The Kier molecular flexibility index (Phi) is 9.81. The zero-order valence-corrected chi connectivity index (χ0v) is 22.0. The molecule has 0 unspecified atom stereocenters. The third-order valence-electron chi connectivity index (χ3n) is 7.17. The Morgan fingerprint density at radius 1 is 1.29 bits per heavy atom. The van der Waals surface area contributed by atoms with Gasteiger partial charge in [0.15, 0.2) is 5.60 Å². The second-order valence-electron chi connectivity index (χ2n) is 9.85. The molecule has 9 heteroatoms. The third-order valence-corrected chi connectivity index (χ3v) is 7.17. The topological polar surface area (TPSA) is 80.3 Å². The Morgan fingerprint density at radius 2 is 2.06 bits per heavy atom. The van der Waals surface area contributed by atoms with E-state index in [-0.39, 0.29) is 36.3 Å². The number of amides is 2. The minimum atomic E-state index is -0.879. The summed E-state index contributed by atoms with van der Waals surface area (Å²) in [6.07, 6.45) is 4.82. The van der Waals surface area contributed by atoms with Gasteiger partial charge in [0.2, 0.25) is 0 Å². The van der Waals surface area contributed by atoms with E-state index in [0.29, 0.717) is 56.2 Å². The van der Waals surface area contributed by atoms with Gasteiger partial charge in [0, 0.05) is 57.3 Å². The molecule has 4 rings (SSSR count). The maximum atomic E-state index is 13.7. The van der Waals surface area contributed by atoms with Crippen LogP contribution in [0.2, 0.25) is 0 Å². The molecule has 1 aromatic rings. The fourth-order valence-corrected chi connectivity index (χ4v) is 5.35. The lowest BCUT2D eigenvalue weighted by Crippen LogP contribution is -2.58. The van der Waals surface area contributed by atoms with Crippen LogP contribution in [-0.4, -0.2) is 81.0 Å². The molecule has 2 saturated heterocycles. The fourth-order valence-electron chi connectivity index (χ4n) is 5.35. The van der Waals surface area contributed by atoms with E-state index in [4.69, 9.17) is 14.2 Å². The zero-order valence-electron chi connectivity index (χ0n) is 21.2. The van der Waals surface area contributed by atoms with Gasteiger partial charge >= 0.3 is 0 Å². The van der Waals surface area contributed by atoms with Crippen molar-refractivity contribution in [3.63, 3.8) is 0 Å². The molecule has 0 saturated carbocycles. The molecule has 35 heavy (non-hydrogen) atoms. The van der Waals surface area contributed by atoms with Crippen LogP contribution in [0.4, 0.5) is 5.69 Å². The minimum absolute atomic E-state index is 0. The standard InChI is InChI=1S/C26H39N3O5.ClH/c1-19(2)29(21-7-6-12-27-18-21)24(30)20-8-9-23-22(17-20)28(13-4-5-14-32-3)25(31)26(34-23)10-15-33-16-11-26;/h8-9,17,19,21,27H,4-7,10-16,18H2,1-3H3;1H/t21-;/m1./s1. The number of carbonyl (C=O) groups is 2. The number of nitrogens with zero attached hydrogens (tertiary/aromatic N) is 2. The molecule has 1 aromatic carbocycles. The monoisotopic (exact) mass is 509 g/mol. The zero-order chi connectivity index (χ0) is 24.1. The van der Waals surface area contributed by atoms with Crippen molar-refractivity contribution in [1.82, 2.24) is 10.2 Å². The predicted octanol–water partition coefficient (Wildman–Crippen LogP) is 3.41. The van der Waals surface area contributed by atoms with Crippen LogP contribution in [0.3, 0.4) is 0 Å². The van der Waals surface area contributed by atoms with Crippen LogP contribution in [0, 0.1) is 0 Å². The molecule has 3 heterocycles. The molecular formula is C26H40ClN3O5. The molecule has 0 bridgehead atoms. The number of benzene rings is 1. The Bertz CT molecular complexity index is 869. The highest BCUT2D eigenvalue weighted by Gasteiger charge is 2.49. The Balaban J connectivity index is 0.00000342. The van der Waals surface area contributed by atoms with Crippen LogP contribution in [0.1, 0.15) is 62.7 Å². The largest absolute Gasteiger partial charge is 0.475 e. The van der Waals surface area contributed by atoms with Crippen molar-refractivity contribution >= 4 is 29.9 Å². The lowest BCUT2D eigenvalue weighted by molar-refractivity contribution is -0.144. The summed E-state index contributed by atoms with van der Waals surface area (Å²) >= 11 is 0. The van der Waals surface area contributed by atoms with E-state index in [1.54, 1.807) is 7.11 Å². The normalized spacial score (nSPS) is 21.3. The first-order valence-corrected chi connectivity index (χ1v) is 12.7. The van der Waals surface area contributed by atoms with E-state index in [1.165, 1.54) is 0 Å². The molecule has 2 amide bonds. The van der Waals surface area contributed by atoms with Gasteiger partial charge in [-0.2, -0.15) is 0 Å².